The summed E-state index contributed by atoms with van der Waals surface area (Å²) in [7, 11) is -3.69. The summed E-state index contributed by atoms with van der Waals surface area (Å²) in [4.78, 5) is 12.7. The molecule has 0 atom stereocenters. The first-order valence-electron chi connectivity index (χ1n) is 10.3. The predicted molar refractivity (Wildman–Crippen MR) is 117 cm³/mol. The van der Waals surface area contributed by atoms with E-state index < -0.39 is 10.0 Å². The van der Waals surface area contributed by atoms with Crippen molar-refractivity contribution in [2.75, 3.05) is 11.3 Å². The lowest BCUT2D eigenvalue weighted by Crippen LogP contribution is -2.31. The minimum atomic E-state index is -3.69. The zero-order chi connectivity index (χ0) is 20.9. The van der Waals surface area contributed by atoms with Crippen molar-refractivity contribution in [2.24, 2.45) is 11.8 Å². The first-order valence-corrected chi connectivity index (χ1v) is 11.8. The predicted octanol–water partition coefficient (Wildman–Crippen LogP) is 4.74. The molecule has 156 valence electrons. The van der Waals surface area contributed by atoms with Gasteiger partial charge in [0.1, 0.15) is 0 Å². The molecule has 5 nitrogen and oxygen atoms in total. The van der Waals surface area contributed by atoms with Crippen LogP contribution in [0.25, 0.3) is 0 Å². The number of rotatable bonds is 7. The van der Waals surface area contributed by atoms with Gasteiger partial charge in [0.15, 0.2) is 0 Å². The van der Waals surface area contributed by atoms with E-state index in [2.05, 4.69) is 17.0 Å². The van der Waals surface area contributed by atoms with E-state index in [1.165, 1.54) is 19.3 Å². The Morgan fingerprint density at radius 2 is 1.66 bits per heavy atom. The number of aryl methyl sites for hydroxylation is 1. The van der Waals surface area contributed by atoms with Crippen LogP contribution in [-0.2, 0) is 10.0 Å². The van der Waals surface area contributed by atoms with E-state index in [0.717, 1.165) is 24.3 Å². The number of carbonyl (C=O) groups excluding carboxylic acids is 1. The second-order valence-corrected chi connectivity index (χ2v) is 9.69. The Morgan fingerprint density at radius 1 is 1.00 bits per heavy atom. The highest BCUT2D eigenvalue weighted by atomic mass is 32.2. The van der Waals surface area contributed by atoms with Crippen LogP contribution in [0.15, 0.2) is 53.4 Å². The maximum Gasteiger partial charge on any atom is 0.261 e. The average Bonchev–Trinajstić information content (AvgIpc) is 2.72. The molecule has 2 aromatic rings. The van der Waals surface area contributed by atoms with Gasteiger partial charge in [-0.1, -0.05) is 49.9 Å². The van der Waals surface area contributed by atoms with Crippen LogP contribution >= 0.6 is 0 Å². The van der Waals surface area contributed by atoms with Crippen LogP contribution in [0.4, 0.5) is 5.69 Å². The topological polar surface area (TPSA) is 75.3 Å². The molecule has 2 N–H and O–H groups in total. The van der Waals surface area contributed by atoms with Crippen molar-refractivity contribution in [2.45, 2.75) is 50.8 Å². The third kappa shape index (κ3) is 5.82. The summed E-state index contributed by atoms with van der Waals surface area (Å²) in [5.74, 6) is 1.20. The minimum Gasteiger partial charge on any atom is -0.352 e. The summed E-state index contributed by atoms with van der Waals surface area (Å²) in [5, 5.41) is 3.01. The number of hydrogen-bond acceptors (Lipinski definition) is 3. The Morgan fingerprint density at radius 3 is 2.31 bits per heavy atom. The fourth-order valence-corrected chi connectivity index (χ4v) is 4.89. The fourth-order valence-electron chi connectivity index (χ4n) is 3.84. The van der Waals surface area contributed by atoms with E-state index in [-0.39, 0.29) is 10.8 Å². The van der Waals surface area contributed by atoms with Crippen molar-refractivity contribution >= 4 is 21.6 Å². The van der Waals surface area contributed by atoms with Gasteiger partial charge < -0.3 is 5.32 Å². The molecule has 1 fully saturated rings. The summed E-state index contributed by atoms with van der Waals surface area (Å²) >= 11 is 0. The van der Waals surface area contributed by atoms with Gasteiger partial charge in [0, 0.05) is 17.8 Å². The lowest BCUT2D eigenvalue weighted by molar-refractivity contribution is 0.0941. The first kappa shape index (κ1) is 21.4. The molecular formula is C23H30N2O3S. The van der Waals surface area contributed by atoms with Gasteiger partial charge in [-0.2, -0.15) is 0 Å². The Bertz CT molecular complexity index is 931. The van der Waals surface area contributed by atoms with Crippen molar-refractivity contribution in [3.05, 3.63) is 59.7 Å². The van der Waals surface area contributed by atoms with Gasteiger partial charge in [-0.25, -0.2) is 8.42 Å². The molecule has 0 radical (unpaired) electrons. The number of sulfonamides is 1. The summed E-state index contributed by atoms with van der Waals surface area (Å²) in [6, 6.07) is 13.3. The highest BCUT2D eigenvalue weighted by Crippen LogP contribution is 2.30. The van der Waals surface area contributed by atoms with Crippen LogP contribution in [0.5, 0.6) is 0 Å². The molecule has 0 heterocycles. The van der Waals surface area contributed by atoms with Crippen molar-refractivity contribution in [3.8, 4) is 0 Å². The van der Waals surface area contributed by atoms with Crippen molar-refractivity contribution < 1.29 is 13.2 Å². The normalized spacial score (nSPS) is 19.5. The second-order valence-electron chi connectivity index (χ2n) is 8.00. The molecule has 1 saturated carbocycles. The lowest BCUT2D eigenvalue weighted by atomic mass is 9.81. The molecule has 0 unspecified atom stereocenters. The largest absolute Gasteiger partial charge is 0.352 e. The number of hydrogen-bond donors (Lipinski definition) is 2. The molecule has 29 heavy (non-hydrogen) atoms. The second kappa shape index (κ2) is 9.44. The first-order chi connectivity index (χ1) is 13.9. The summed E-state index contributed by atoms with van der Waals surface area (Å²) in [6.07, 6.45) is 6.05. The van der Waals surface area contributed by atoms with Gasteiger partial charge in [0.05, 0.1) is 4.90 Å². The number of anilines is 1. The fraction of sp³-hybridized carbons (Fsp3) is 0.435. The van der Waals surface area contributed by atoms with Crippen LogP contribution in [0.3, 0.4) is 0 Å². The van der Waals surface area contributed by atoms with Gasteiger partial charge in [-0.3, -0.25) is 9.52 Å². The van der Waals surface area contributed by atoms with E-state index in [4.69, 9.17) is 0 Å². The Hall–Kier alpha value is -2.34. The smallest absolute Gasteiger partial charge is 0.261 e. The monoisotopic (exact) mass is 414 g/mol. The molecule has 6 heteroatoms. The SMILES string of the molecule is CCC1CCC(CNC(=O)c2cccc(NS(=O)(=O)c3ccc(C)cc3)c2)CC1. The molecule has 0 saturated heterocycles. The molecule has 2 aromatic carbocycles. The van der Waals surface area contributed by atoms with Gasteiger partial charge in [0.2, 0.25) is 0 Å². The highest BCUT2D eigenvalue weighted by molar-refractivity contribution is 7.92. The Labute approximate surface area is 174 Å². The van der Waals surface area contributed by atoms with Crippen LogP contribution in [0.1, 0.15) is 54.9 Å². The van der Waals surface area contributed by atoms with E-state index in [1.807, 2.05) is 6.92 Å². The molecule has 3 rings (SSSR count). The summed E-state index contributed by atoms with van der Waals surface area (Å²) in [6.45, 7) is 4.82. The molecule has 0 bridgehead atoms. The summed E-state index contributed by atoms with van der Waals surface area (Å²) in [5.41, 5.74) is 1.82. The molecule has 0 spiro atoms. The minimum absolute atomic E-state index is 0.168. The number of carbonyl (C=O) groups is 1. The lowest BCUT2D eigenvalue weighted by Gasteiger charge is -2.27. The van der Waals surface area contributed by atoms with Crippen LogP contribution < -0.4 is 10.0 Å². The third-order valence-electron chi connectivity index (χ3n) is 5.80. The highest BCUT2D eigenvalue weighted by Gasteiger charge is 2.21. The van der Waals surface area contributed by atoms with E-state index in [9.17, 15) is 13.2 Å². The Balaban J connectivity index is 1.60. The van der Waals surface area contributed by atoms with Gasteiger partial charge in [0.25, 0.3) is 15.9 Å². The van der Waals surface area contributed by atoms with E-state index in [0.29, 0.717) is 23.7 Å². The maximum atomic E-state index is 12.6. The number of nitrogens with one attached hydrogen (secondary N) is 2. The van der Waals surface area contributed by atoms with Crippen molar-refractivity contribution in [1.82, 2.24) is 5.32 Å². The van der Waals surface area contributed by atoms with E-state index >= 15 is 0 Å². The molecule has 1 aliphatic carbocycles. The third-order valence-corrected chi connectivity index (χ3v) is 7.20. The molecule has 1 amide bonds. The van der Waals surface area contributed by atoms with E-state index in [1.54, 1.807) is 48.5 Å². The van der Waals surface area contributed by atoms with Crippen molar-refractivity contribution in [3.63, 3.8) is 0 Å². The number of benzene rings is 2. The van der Waals surface area contributed by atoms with Gasteiger partial charge in [-0.05, 0) is 61.9 Å². The van der Waals surface area contributed by atoms with Crippen LogP contribution in [-0.4, -0.2) is 20.9 Å². The summed E-state index contributed by atoms with van der Waals surface area (Å²) < 4.78 is 27.7. The molecular weight excluding hydrogens is 384 g/mol. The van der Waals surface area contributed by atoms with Crippen LogP contribution in [0.2, 0.25) is 0 Å². The van der Waals surface area contributed by atoms with Gasteiger partial charge >= 0.3 is 0 Å². The van der Waals surface area contributed by atoms with Gasteiger partial charge in [-0.15, -0.1) is 0 Å². The average molecular weight is 415 g/mol. The van der Waals surface area contributed by atoms with Crippen molar-refractivity contribution in [1.29, 1.82) is 0 Å². The standard InChI is InChI=1S/C23H30N2O3S/c1-3-18-9-11-19(12-10-18)16-24-23(26)20-5-4-6-21(15-20)25-29(27,28)22-13-7-17(2)8-14-22/h4-8,13-15,18-19,25H,3,9-12,16H2,1-2H3,(H,24,26). The molecule has 0 aliphatic heterocycles. The van der Waals surface area contributed by atoms with Crippen LogP contribution in [0, 0.1) is 18.8 Å². The molecule has 1 aliphatic rings. The molecule has 0 aromatic heterocycles. The Kier molecular flexibility index (Phi) is 6.96. The zero-order valence-corrected chi connectivity index (χ0v) is 18.0. The quantitative estimate of drug-likeness (QED) is 0.687. The number of amides is 1. The maximum absolute atomic E-state index is 12.6. The zero-order valence-electron chi connectivity index (χ0n) is 17.1.